The molecule has 0 aliphatic carbocycles. The van der Waals surface area contributed by atoms with Crippen LogP contribution in [-0.2, 0) is 0 Å². The molecule has 120 valence electrons. The first-order valence-corrected chi connectivity index (χ1v) is 8.65. The second-order valence-electron chi connectivity index (χ2n) is 5.71. The van der Waals surface area contributed by atoms with Crippen molar-refractivity contribution in [3.8, 4) is 5.75 Å². The number of aromatic hydroxyl groups is 1. The molecule has 0 radical (unpaired) electrons. The van der Waals surface area contributed by atoms with Crippen molar-refractivity contribution in [1.29, 1.82) is 0 Å². The molecule has 1 aromatic heterocycles. The third kappa shape index (κ3) is 3.50. The number of benzene rings is 1. The number of aryl methyl sites for hydroxylation is 2. The molecule has 1 unspecified atom stereocenters. The Morgan fingerprint density at radius 2 is 2.00 bits per heavy atom. The van der Waals surface area contributed by atoms with E-state index in [2.05, 4.69) is 36.2 Å². The van der Waals surface area contributed by atoms with E-state index in [-0.39, 0.29) is 16.6 Å². The van der Waals surface area contributed by atoms with Crippen LogP contribution in [0.3, 0.4) is 0 Å². The van der Waals surface area contributed by atoms with Gasteiger partial charge in [-0.15, -0.1) is 0 Å². The van der Waals surface area contributed by atoms with Gasteiger partial charge in [0.2, 0.25) is 0 Å². The highest BCUT2D eigenvalue weighted by molar-refractivity contribution is 7.99. The Bertz CT molecular complexity index is 793. The van der Waals surface area contributed by atoms with Crippen molar-refractivity contribution in [2.45, 2.75) is 25.5 Å². The minimum atomic E-state index is -0.518. The van der Waals surface area contributed by atoms with Crippen LogP contribution in [0.1, 0.15) is 34.1 Å². The lowest BCUT2D eigenvalue weighted by molar-refractivity contribution is 0.432. The lowest BCUT2D eigenvalue weighted by atomic mass is 10.0. The number of hydrogen-bond acceptors (Lipinski definition) is 5. The predicted molar refractivity (Wildman–Crippen MR) is 93.8 cm³/mol. The Labute approximate surface area is 139 Å². The summed E-state index contributed by atoms with van der Waals surface area (Å²) in [4.78, 5) is 16.7. The van der Waals surface area contributed by atoms with Gasteiger partial charge in [-0.25, -0.2) is 4.79 Å². The van der Waals surface area contributed by atoms with Crippen LogP contribution in [0, 0.1) is 13.8 Å². The molecule has 1 aliphatic rings. The monoisotopic (exact) mass is 329 g/mol. The number of thioether (sulfide) groups is 1. The average molecular weight is 329 g/mol. The Morgan fingerprint density at radius 3 is 2.70 bits per heavy atom. The maximum absolute atomic E-state index is 12.1. The highest BCUT2D eigenvalue weighted by Crippen LogP contribution is 2.36. The fraction of sp³-hybridized carbons (Fsp3) is 0.333. The van der Waals surface area contributed by atoms with E-state index in [0.29, 0.717) is 24.4 Å². The molecule has 0 fully saturated rings. The van der Waals surface area contributed by atoms with E-state index < -0.39 is 5.63 Å². The van der Waals surface area contributed by atoms with Crippen LogP contribution in [0.2, 0.25) is 0 Å². The van der Waals surface area contributed by atoms with Crippen LogP contribution in [0.15, 0.2) is 44.5 Å². The summed E-state index contributed by atoms with van der Waals surface area (Å²) in [7, 11) is 0. The van der Waals surface area contributed by atoms with Gasteiger partial charge in [0.15, 0.2) is 0 Å². The van der Waals surface area contributed by atoms with E-state index in [1.54, 1.807) is 6.92 Å². The van der Waals surface area contributed by atoms with Crippen molar-refractivity contribution in [2.75, 3.05) is 12.3 Å². The van der Waals surface area contributed by atoms with Crippen LogP contribution < -0.4 is 5.63 Å². The molecule has 2 aromatic rings. The number of hydrogen-bond donors (Lipinski definition) is 1. The first-order chi connectivity index (χ1) is 11.0. The van der Waals surface area contributed by atoms with Crippen molar-refractivity contribution in [2.24, 2.45) is 4.99 Å². The van der Waals surface area contributed by atoms with Gasteiger partial charge in [0, 0.05) is 30.0 Å². The summed E-state index contributed by atoms with van der Waals surface area (Å²) in [6.07, 6.45) is 0.606. The third-order valence-electron chi connectivity index (χ3n) is 3.88. The van der Waals surface area contributed by atoms with E-state index in [1.807, 2.05) is 11.8 Å². The Balaban J connectivity index is 1.95. The van der Waals surface area contributed by atoms with Crippen molar-refractivity contribution < 1.29 is 9.52 Å². The largest absolute Gasteiger partial charge is 0.507 e. The molecule has 0 amide bonds. The normalized spacial score (nSPS) is 18.3. The van der Waals surface area contributed by atoms with Crippen LogP contribution >= 0.6 is 11.8 Å². The van der Waals surface area contributed by atoms with Gasteiger partial charge in [-0.1, -0.05) is 29.8 Å². The van der Waals surface area contributed by atoms with Crippen LogP contribution in [0.25, 0.3) is 0 Å². The molecular weight excluding hydrogens is 310 g/mol. The Hall–Kier alpha value is -2.01. The van der Waals surface area contributed by atoms with Gasteiger partial charge in [0.25, 0.3) is 0 Å². The topological polar surface area (TPSA) is 62.8 Å². The van der Waals surface area contributed by atoms with Crippen LogP contribution in [-0.4, -0.2) is 23.1 Å². The number of nitrogens with zero attached hydrogens (tertiary/aromatic N) is 1. The molecule has 0 spiro atoms. The maximum Gasteiger partial charge on any atom is 0.348 e. The summed E-state index contributed by atoms with van der Waals surface area (Å²) in [5.74, 6) is 1.24. The SMILES string of the molecule is Cc1ccc(C2CC(c3c(O)cc(C)oc3=O)=NCCS2)cc1. The smallest absolute Gasteiger partial charge is 0.348 e. The average Bonchev–Trinajstić information content (AvgIpc) is 2.73. The van der Waals surface area contributed by atoms with Crippen LogP contribution in [0.5, 0.6) is 5.75 Å². The second kappa shape index (κ2) is 6.62. The summed E-state index contributed by atoms with van der Waals surface area (Å²) in [6, 6.07) is 9.89. The molecule has 3 rings (SSSR count). The van der Waals surface area contributed by atoms with Crippen LogP contribution in [0.4, 0.5) is 0 Å². The zero-order chi connectivity index (χ0) is 16.4. The lowest BCUT2D eigenvalue weighted by Gasteiger charge is -2.16. The minimum Gasteiger partial charge on any atom is -0.507 e. The molecule has 4 nitrogen and oxygen atoms in total. The molecule has 5 heteroatoms. The fourth-order valence-electron chi connectivity index (χ4n) is 2.71. The van der Waals surface area contributed by atoms with Crippen molar-refractivity contribution in [3.63, 3.8) is 0 Å². The summed E-state index contributed by atoms with van der Waals surface area (Å²) in [5.41, 5.74) is 2.75. The molecule has 23 heavy (non-hydrogen) atoms. The van der Waals surface area contributed by atoms with Gasteiger partial charge in [-0.2, -0.15) is 11.8 Å². The minimum absolute atomic E-state index is 0.0490. The van der Waals surface area contributed by atoms with E-state index in [1.165, 1.54) is 17.2 Å². The quantitative estimate of drug-likeness (QED) is 0.914. The maximum atomic E-state index is 12.1. The highest BCUT2D eigenvalue weighted by atomic mass is 32.2. The molecule has 1 aromatic carbocycles. The summed E-state index contributed by atoms with van der Waals surface area (Å²) in [5, 5.41) is 10.4. The van der Waals surface area contributed by atoms with E-state index in [4.69, 9.17) is 4.42 Å². The number of rotatable bonds is 2. The fourth-order valence-corrected chi connectivity index (χ4v) is 3.82. The molecule has 0 saturated heterocycles. The molecule has 1 N–H and O–H groups in total. The standard InChI is InChI=1S/C18H19NO3S/c1-11-3-5-13(6-4-11)16-10-14(19-7-8-23-16)17-15(20)9-12(2)22-18(17)21/h3-6,9,16,20H,7-8,10H2,1-2H3. The van der Waals surface area contributed by atoms with E-state index in [0.717, 1.165) is 5.75 Å². The van der Waals surface area contributed by atoms with E-state index in [9.17, 15) is 9.90 Å². The highest BCUT2D eigenvalue weighted by Gasteiger charge is 2.23. The Kier molecular flexibility index (Phi) is 4.57. The first-order valence-electron chi connectivity index (χ1n) is 7.60. The summed E-state index contributed by atoms with van der Waals surface area (Å²) < 4.78 is 5.14. The Morgan fingerprint density at radius 1 is 1.26 bits per heavy atom. The van der Waals surface area contributed by atoms with Gasteiger partial charge < -0.3 is 9.52 Å². The van der Waals surface area contributed by atoms with Crippen molar-refractivity contribution >= 4 is 17.5 Å². The van der Waals surface area contributed by atoms with E-state index >= 15 is 0 Å². The molecule has 1 atom stereocenters. The van der Waals surface area contributed by atoms with Crippen molar-refractivity contribution in [1.82, 2.24) is 0 Å². The molecule has 0 saturated carbocycles. The molecule has 0 bridgehead atoms. The van der Waals surface area contributed by atoms with Gasteiger partial charge in [-0.05, 0) is 19.4 Å². The van der Waals surface area contributed by atoms with Gasteiger partial charge >= 0.3 is 5.63 Å². The molecule has 2 heterocycles. The second-order valence-corrected chi connectivity index (χ2v) is 7.02. The van der Waals surface area contributed by atoms with Gasteiger partial charge in [0.05, 0.1) is 5.71 Å². The predicted octanol–water partition coefficient (Wildman–Crippen LogP) is 3.63. The van der Waals surface area contributed by atoms with Gasteiger partial charge in [-0.3, -0.25) is 4.99 Å². The molecule has 1 aliphatic heterocycles. The number of aliphatic imine (C=N–C) groups is 1. The zero-order valence-electron chi connectivity index (χ0n) is 13.2. The summed E-state index contributed by atoms with van der Waals surface area (Å²) in [6.45, 7) is 4.34. The summed E-state index contributed by atoms with van der Waals surface area (Å²) >= 11 is 1.83. The van der Waals surface area contributed by atoms with Gasteiger partial charge in [0.1, 0.15) is 17.1 Å². The molecular formula is C18H19NO3S. The first kappa shape index (κ1) is 15.9. The zero-order valence-corrected chi connectivity index (χ0v) is 14.0. The third-order valence-corrected chi connectivity index (χ3v) is 5.14. The lowest BCUT2D eigenvalue weighted by Crippen LogP contribution is -2.17. The van der Waals surface area contributed by atoms with Crippen molar-refractivity contribution in [3.05, 3.63) is 63.2 Å².